The fraction of sp³-hybridized carbons (Fsp3) is 0.600. The van der Waals surface area contributed by atoms with E-state index in [1.165, 1.54) is 12.1 Å². The lowest BCUT2D eigenvalue weighted by Crippen LogP contribution is -2.31. The maximum atomic E-state index is 13.1. The number of piperidine rings is 1. The molecule has 7 heteroatoms. The van der Waals surface area contributed by atoms with Crippen molar-refractivity contribution >= 4 is 11.9 Å². The van der Waals surface area contributed by atoms with Gasteiger partial charge in [-0.1, -0.05) is 18.0 Å². The van der Waals surface area contributed by atoms with Gasteiger partial charge in [-0.3, -0.25) is 4.31 Å². The Hall–Kier alpha value is -0.920. The first-order valence-corrected chi connectivity index (χ1v) is 8.35. The molecule has 1 heterocycles. The number of nitrogens with zero attached hydrogens (tertiary/aromatic N) is 1. The zero-order valence-electron chi connectivity index (χ0n) is 12.4. The average molecular weight is 335 g/mol. The van der Waals surface area contributed by atoms with Crippen molar-refractivity contribution in [3.8, 4) is 5.75 Å². The van der Waals surface area contributed by atoms with Crippen molar-refractivity contribution in [3.63, 3.8) is 0 Å². The summed E-state index contributed by atoms with van der Waals surface area (Å²) >= 11 is 1.69. The summed E-state index contributed by atoms with van der Waals surface area (Å²) in [7, 11) is 0. The highest BCUT2D eigenvalue weighted by atomic mass is 32.2. The van der Waals surface area contributed by atoms with E-state index >= 15 is 0 Å². The Balaban J connectivity index is 2.00. The van der Waals surface area contributed by atoms with Crippen molar-refractivity contribution in [2.75, 3.05) is 26.0 Å². The fourth-order valence-corrected chi connectivity index (χ4v) is 3.06. The molecule has 0 atom stereocenters. The highest BCUT2D eigenvalue weighted by molar-refractivity contribution is 7.96. The monoisotopic (exact) mass is 335 g/mol. The van der Waals surface area contributed by atoms with E-state index in [0.717, 1.165) is 32.0 Å². The molecule has 0 saturated carbocycles. The highest BCUT2D eigenvalue weighted by Crippen LogP contribution is 2.37. The number of halogens is 3. The minimum atomic E-state index is -4.48. The molecule has 0 spiro atoms. The van der Waals surface area contributed by atoms with Gasteiger partial charge < -0.3 is 9.84 Å². The second-order valence-electron chi connectivity index (χ2n) is 5.35. The Labute approximate surface area is 132 Å². The Morgan fingerprint density at radius 3 is 2.55 bits per heavy atom. The first-order valence-electron chi connectivity index (χ1n) is 7.17. The zero-order chi connectivity index (χ0) is 16.2. The van der Waals surface area contributed by atoms with E-state index in [1.54, 1.807) is 11.9 Å². The van der Waals surface area contributed by atoms with Crippen LogP contribution in [0.1, 0.15) is 24.0 Å². The lowest BCUT2D eigenvalue weighted by Gasteiger charge is -2.30. The third-order valence-corrected chi connectivity index (χ3v) is 4.72. The number of benzene rings is 1. The maximum Gasteiger partial charge on any atom is 0.419 e. The van der Waals surface area contributed by atoms with Crippen molar-refractivity contribution in [2.24, 2.45) is 5.92 Å². The van der Waals surface area contributed by atoms with Crippen molar-refractivity contribution < 1.29 is 23.0 Å². The lowest BCUT2D eigenvalue weighted by molar-refractivity contribution is -0.139. The predicted octanol–water partition coefficient (Wildman–Crippen LogP) is 3.57. The van der Waals surface area contributed by atoms with Crippen LogP contribution in [-0.4, -0.2) is 35.4 Å². The number of hydrogen-bond donors (Lipinski definition) is 1. The summed E-state index contributed by atoms with van der Waals surface area (Å²) in [4.78, 5) is 0. The largest absolute Gasteiger partial charge is 0.493 e. The normalized spacial score (nSPS) is 17.7. The fourth-order valence-electron chi connectivity index (χ4n) is 2.49. The molecular formula is C15H20F3NO2S. The molecule has 1 N–H and O–H groups in total. The molecule has 0 aromatic heterocycles. The van der Waals surface area contributed by atoms with Crippen LogP contribution in [-0.2, 0) is 12.8 Å². The third kappa shape index (κ3) is 4.54. The van der Waals surface area contributed by atoms with Gasteiger partial charge in [0.1, 0.15) is 5.75 Å². The maximum absolute atomic E-state index is 13.1. The number of aliphatic hydroxyl groups is 1. The molecular weight excluding hydrogens is 315 g/mol. The molecule has 1 aliphatic heterocycles. The summed E-state index contributed by atoms with van der Waals surface area (Å²) in [6.45, 7) is 1.75. The van der Waals surface area contributed by atoms with E-state index in [2.05, 4.69) is 4.31 Å². The summed E-state index contributed by atoms with van der Waals surface area (Å²) in [6.07, 6.45) is -0.605. The van der Waals surface area contributed by atoms with Gasteiger partial charge in [0, 0.05) is 13.1 Å². The molecule has 0 amide bonds. The summed E-state index contributed by atoms with van der Waals surface area (Å²) in [5.74, 6) is 0.124. The quantitative estimate of drug-likeness (QED) is 0.834. The van der Waals surface area contributed by atoms with Crippen LogP contribution >= 0.6 is 11.9 Å². The van der Waals surface area contributed by atoms with Gasteiger partial charge >= 0.3 is 6.18 Å². The molecule has 2 rings (SSSR count). The van der Waals surface area contributed by atoms with Crippen LogP contribution in [0, 0.1) is 5.92 Å². The second-order valence-corrected chi connectivity index (χ2v) is 6.23. The van der Waals surface area contributed by atoms with Crippen LogP contribution < -0.4 is 4.74 Å². The van der Waals surface area contributed by atoms with Gasteiger partial charge in [-0.2, -0.15) is 13.2 Å². The zero-order valence-corrected chi connectivity index (χ0v) is 13.2. The Bertz CT molecular complexity index is 488. The number of ether oxygens (including phenoxy) is 1. The molecule has 1 saturated heterocycles. The van der Waals surface area contributed by atoms with Crippen LogP contribution in [0.3, 0.4) is 0 Å². The van der Waals surface area contributed by atoms with Crippen molar-refractivity contribution in [1.82, 2.24) is 4.31 Å². The predicted molar refractivity (Wildman–Crippen MR) is 80.7 cm³/mol. The Morgan fingerprint density at radius 1 is 1.32 bits per heavy atom. The smallest absolute Gasteiger partial charge is 0.419 e. The lowest BCUT2D eigenvalue weighted by atomic mass is 9.99. The molecule has 0 aliphatic carbocycles. The molecule has 1 aromatic carbocycles. The third-order valence-electron chi connectivity index (χ3n) is 3.84. The van der Waals surface area contributed by atoms with Gasteiger partial charge in [-0.15, -0.1) is 0 Å². The van der Waals surface area contributed by atoms with Gasteiger partial charge in [0.2, 0.25) is 0 Å². The second kappa shape index (κ2) is 7.57. The molecule has 3 nitrogen and oxygen atoms in total. The average Bonchev–Trinajstić information content (AvgIpc) is 2.52. The van der Waals surface area contributed by atoms with Crippen molar-refractivity contribution in [2.45, 2.75) is 25.6 Å². The number of alkyl halides is 3. The molecule has 0 bridgehead atoms. The SMILES string of the molecule is CSN1CCC(COc2ccc(CO)cc2C(F)(F)F)CC1. The van der Waals surface area contributed by atoms with Gasteiger partial charge in [-0.05, 0) is 42.7 Å². The number of rotatable bonds is 5. The van der Waals surface area contributed by atoms with E-state index in [0.29, 0.717) is 6.61 Å². The van der Waals surface area contributed by atoms with E-state index in [9.17, 15) is 13.2 Å². The van der Waals surface area contributed by atoms with Gasteiger partial charge in [0.15, 0.2) is 0 Å². The molecule has 1 aliphatic rings. The summed E-state index contributed by atoms with van der Waals surface area (Å²) in [6, 6.07) is 3.71. The van der Waals surface area contributed by atoms with Crippen LogP contribution in [0.5, 0.6) is 5.75 Å². The van der Waals surface area contributed by atoms with E-state index in [4.69, 9.17) is 9.84 Å². The van der Waals surface area contributed by atoms with Crippen LogP contribution in [0.25, 0.3) is 0 Å². The van der Waals surface area contributed by atoms with Crippen LogP contribution in [0.15, 0.2) is 18.2 Å². The van der Waals surface area contributed by atoms with E-state index in [1.807, 2.05) is 6.26 Å². The number of hydrogen-bond acceptors (Lipinski definition) is 4. The summed E-state index contributed by atoms with van der Waals surface area (Å²) in [5.41, 5.74) is -0.589. The minimum Gasteiger partial charge on any atom is -0.493 e. The highest BCUT2D eigenvalue weighted by Gasteiger charge is 2.35. The van der Waals surface area contributed by atoms with E-state index < -0.39 is 18.3 Å². The summed E-state index contributed by atoms with van der Waals surface area (Å²) < 4.78 is 46.9. The molecule has 1 fully saturated rings. The minimum absolute atomic E-state index is 0.156. The first-order chi connectivity index (χ1) is 10.4. The first kappa shape index (κ1) is 17.4. The van der Waals surface area contributed by atoms with Gasteiger partial charge in [-0.25, -0.2) is 0 Å². The van der Waals surface area contributed by atoms with Crippen molar-refractivity contribution in [3.05, 3.63) is 29.3 Å². The number of aliphatic hydroxyl groups excluding tert-OH is 1. The van der Waals surface area contributed by atoms with Crippen LogP contribution in [0.2, 0.25) is 0 Å². The van der Waals surface area contributed by atoms with Crippen LogP contribution in [0.4, 0.5) is 13.2 Å². The Morgan fingerprint density at radius 2 is 2.00 bits per heavy atom. The molecule has 124 valence electrons. The summed E-state index contributed by atoms with van der Waals surface area (Å²) in [5, 5.41) is 8.99. The Kier molecular flexibility index (Phi) is 6.00. The topological polar surface area (TPSA) is 32.7 Å². The van der Waals surface area contributed by atoms with Gasteiger partial charge in [0.25, 0.3) is 0 Å². The van der Waals surface area contributed by atoms with Crippen molar-refractivity contribution in [1.29, 1.82) is 0 Å². The van der Waals surface area contributed by atoms with E-state index in [-0.39, 0.29) is 17.2 Å². The molecule has 0 unspecified atom stereocenters. The van der Waals surface area contributed by atoms with Gasteiger partial charge in [0.05, 0.1) is 18.8 Å². The molecule has 22 heavy (non-hydrogen) atoms. The standard InChI is InChI=1S/C15H20F3NO2S/c1-22-19-6-4-11(5-7-19)10-21-14-3-2-12(9-20)8-13(14)15(16,17)18/h2-3,8,11,20H,4-7,9-10H2,1H3. The molecule has 1 aromatic rings. The molecule has 0 radical (unpaired) electrons.